The van der Waals surface area contributed by atoms with Gasteiger partial charge in [0.1, 0.15) is 0 Å². The van der Waals surface area contributed by atoms with E-state index in [0.29, 0.717) is 27.5 Å². The van der Waals surface area contributed by atoms with Crippen LogP contribution in [0.3, 0.4) is 0 Å². The van der Waals surface area contributed by atoms with Crippen LogP contribution in [-0.4, -0.2) is 90.8 Å². The second kappa shape index (κ2) is 25.4. The summed E-state index contributed by atoms with van der Waals surface area (Å²) in [6.07, 6.45) is 7.33. The number of thioether (sulfide) groups is 2. The molecule has 4 aromatic carbocycles. The van der Waals surface area contributed by atoms with E-state index in [2.05, 4.69) is 62.3 Å². The lowest BCUT2D eigenvalue weighted by molar-refractivity contribution is 0.0916. The molecule has 2 aliphatic carbocycles. The molecule has 410 valence electrons. The number of aromatic nitrogens is 10. The molecule has 29 heteroatoms. The summed E-state index contributed by atoms with van der Waals surface area (Å²) in [4.78, 5) is 62.8. The van der Waals surface area contributed by atoms with Gasteiger partial charge >= 0.3 is 12.1 Å². The van der Waals surface area contributed by atoms with Crippen molar-refractivity contribution in [2.45, 2.75) is 91.4 Å². The Bertz CT molecular complexity index is 3730. The number of thiazole rings is 2. The first kappa shape index (κ1) is 56.8. The molecule has 4 aromatic heterocycles. The summed E-state index contributed by atoms with van der Waals surface area (Å²) >= 11 is 10.6. The Kier molecular flexibility index (Phi) is 18.3. The number of nitrogens with one attached hydrogen (secondary N) is 4. The predicted molar refractivity (Wildman–Crippen MR) is 300 cm³/mol. The summed E-state index contributed by atoms with van der Waals surface area (Å²) in [7, 11) is -5.38. The van der Waals surface area contributed by atoms with Crippen LogP contribution in [-0.2, 0) is 45.3 Å². The summed E-state index contributed by atoms with van der Waals surface area (Å²) in [5.41, 5.74) is 2.02. The smallest absolute Gasteiger partial charge is 0.307 e. The van der Waals surface area contributed by atoms with Gasteiger partial charge in [0.25, 0.3) is 30.0 Å². The highest BCUT2D eigenvalue weighted by molar-refractivity contribution is 7.99. The topological polar surface area (TPSA) is 298 Å². The molecule has 4 amide bonds. The molecule has 8 aromatic rings. The van der Waals surface area contributed by atoms with Crippen molar-refractivity contribution in [2.24, 2.45) is 25.9 Å². The second-order valence-electron chi connectivity index (χ2n) is 18.0. The minimum Gasteiger partial charge on any atom is -0.307 e. The average molecular weight is 1200 g/mol. The Labute approximate surface area is 475 Å². The van der Waals surface area contributed by atoms with Gasteiger partial charge in [-0.25, -0.2) is 45.8 Å². The average Bonchev–Trinajstić information content (AvgIpc) is 4.35. The molecule has 0 spiro atoms. The number of halogens is 1. The van der Waals surface area contributed by atoms with E-state index in [-0.39, 0.29) is 75.3 Å². The van der Waals surface area contributed by atoms with Crippen LogP contribution in [0, 0.1) is 11.8 Å². The predicted octanol–water partition coefficient (Wildman–Crippen LogP) is 10.3. The largest absolute Gasteiger partial charge is 0.325 e. The summed E-state index contributed by atoms with van der Waals surface area (Å²) in [5.74, 6) is 0.276. The number of amides is 4. The molecule has 22 nitrogen and oxygen atoms in total. The molecule has 0 bridgehead atoms. The number of hydrogen-bond donors (Lipinski definition) is 4. The fourth-order valence-corrected chi connectivity index (χ4v) is 16.5. The van der Waals surface area contributed by atoms with E-state index in [1.54, 1.807) is 42.5 Å². The van der Waals surface area contributed by atoms with Crippen LogP contribution in [0.25, 0.3) is 0 Å². The Balaban J connectivity index is 0.000000192. The molecule has 0 aliphatic heterocycles. The summed E-state index contributed by atoms with van der Waals surface area (Å²) < 4.78 is 55.7. The van der Waals surface area contributed by atoms with Crippen LogP contribution in [0.5, 0.6) is 0 Å². The quantitative estimate of drug-likeness (QED) is 0.0458. The van der Waals surface area contributed by atoms with E-state index in [1.165, 1.54) is 37.6 Å². The lowest BCUT2D eigenvalue weighted by Gasteiger charge is -2.14. The summed E-state index contributed by atoms with van der Waals surface area (Å²) in [6, 6.07) is 29.2. The molecule has 0 atom stereocenters. The molecule has 0 unspecified atom stereocenters. The number of hydrogen-bond acceptors (Lipinski definition) is 20. The zero-order valence-corrected chi connectivity index (χ0v) is 47.8. The first-order valence-corrected chi connectivity index (χ1v) is 31.4. The zero-order chi connectivity index (χ0) is 55.7. The number of urea groups is 2. The van der Waals surface area contributed by atoms with Crippen LogP contribution in [0.1, 0.15) is 83.5 Å². The molecule has 2 saturated carbocycles. The van der Waals surface area contributed by atoms with Crippen molar-refractivity contribution in [2.75, 3.05) is 21.3 Å². The number of aryl methyl sites for hydroxylation is 2. The van der Waals surface area contributed by atoms with Crippen molar-refractivity contribution in [1.29, 1.82) is 0 Å². The maximum atomic E-state index is 13.4. The maximum absolute atomic E-state index is 13.4. The summed E-state index contributed by atoms with van der Waals surface area (Å²) in [5, 5.41) is 32.0. The molecule has 10 rings (SSSR count). The van der Waals surface area contributed by atoms with Crippen molar-refractivity contribution in [1.82, 2.24) is 50.4 Å². The highest BCUT2D eigenvalue weighted by atomic mass is 35.5. The van der Waals surface area contributed by atoms with Gasteiger partial charge in [0, 0.05) is 63.4 Å². The Morgan fingerprint density at radius 3 is 1.43 bits per heavy atom. The highest BCUT2D eigenvalue weighted by Crippen LogP contribution is 2.38. The number of tetrazole rings is 2. The van der Waals surface area contributed by atoms with Crippen LogP contribution >= 0.6 is 57.8 Å². The van der Waals surface area contributed by atoms with E-state index in [9.17, 15) is 36.0 Å². The van der Waals surface area contributed by atoms with Crippen molar-refractivity contribution in [3.05, 3.63) is 131 Å². The molecule has 0 radical (unpaired) electrons. The number of carbonyl (C=O) groups excluding carboxylic acids is 4. The minimum atomic E-state index is -4.13. The van der Waals surface area contributed by atoms with Gasteiger partial charge in [-0.15, -0.1) is 23.5 Å². The number of sulfone groups is 2. The van der Waals surface area contributed by atoms with Crippen molar-refractivity contribution in [3.8, 4) is 0 Å². The van der Waals surface area contributed by atoms with Crippen molar-refractivity contribution in [3.63, 3.8) is 0 Å². The molecule has 0 saturated heterocycles. The van der Waals surface area contributed by atoms with E-state index in [0.717, 1.165) is 93.2 Å². The summed E-state index contributed by atoms with van der Waals surface area (Å²) in [6.45, 7) is 0. The van der Waals surface area contributed by atoms with Gasteiger partial charge in [-0.05, 0) is 101 Å². The Morgan fingerprint density at radius 1 is 0.570 bits per heavy atom. The third-order valence-corrected chi connectivity index (χ3v) is 21.3. The maximum Gasteiger partial charge on any atom is 0.325 e. The normalized spacial score (nSPS) is 13.9. The van der Waals surface area contributed by atoms with E-state index >= 15 is 0 Å². The molecule has 2 fully saturated rings. The molecule has 2 aliphatic rings. The van der Waals surface area contributed by atoms with E-state index in [4.69, 9.17) is 11.6 Å². The Morgan fingerprint density at radius 2 is 0.987 bits per heavy atom. The van der Waals surface area contributed by atoms with Crippen molar-refractivity contribution >= 4 is 123 Å². The molecule has 4 N–H and O–H groups in total. The lowest BCUT2D eigenvalue weighted by Crippen LogP contribution is -2.22. The van der Waals surface area contributed by atoms with Gasteiger partial charge in [0.15, 0.2) is 30.2 Å². The number of ketones is 2. The van der Waals surface area contributed by atoms with Gasteiger partial charge in [0.2, 0.25) is 0 Å². The lowest BCUT2D eigenvalue weighted by atomic mass is 9.95. The number of Topliss-reactive ketones (excluding diaryl/α,β-unsaturated/α-hetero) is 2. The Hall–Kier alpha value is -6.95. The minimum absolute atomic E-state index is 0.0172. The van der Waals surface area contributed by atoms with Gasteiger partial charge < -0.3 is 10.6 Å². The van der Waals surface area contributed by atoms with Crippen LogP contribution in [0.4, 0.5) is 31.2 Å². The number of carbonyl (C=O) groups is 4. The number of nitrogens with zero attached hydrogens (tertiary/aromatic N) is 10. The van der Waals surface area contributed by atoms with Crippen molar-refractivity contribution < 1.29 is 36.0 Å². The monoisotopic (exact) mass is 1200 g/mol. The number of rotatable bonds is 18. The van der Waals surface area contributed by atoms with Gasteiger partial charge in [-0.1, -0.05) is 119 Å². The van der Waals surface area contributed by atoms with Crippen LogP contribution in [0.2, 0.25) is 5.02 Å². The van der Waals surface area contributed by atoms with Gasteiger partial charge in [-0.2, -0.15) is 0 Å². The van der Waals surface area contributed by atoms with Crippen LogP contribution < -0.4 is 21.3 Å². The van der Waals surface area contributed by atoms with Gasteiger partial charge in [0.05, 0.1) is 22.8 Å². The highest BCUT2D eigenvalue weighted by Gasteiger charge is 2.34. The molecular formula is C50H49ClN14O8S6. The number of anilines is 4. The fraction of sp³-hybridized carbons (Fsp3) is 0.280. The number of benzene rings is 4. The van der Waals surface area contributed by atoms with E-state index < -0.39 is 31.7 Å². The van der Waals surface area contributed by atoms with E-state index in [1.807, 2.05) is 60.7 Å². The third kappa shape index (κ3) is 13.7. The molecule has 79 heavy (non-hydrogen) atoms. The first-order chi connectivity index (χ1) is 38.0. The SMILES string of the molecule is Cn1nnnc1S(=O)(=O)c1sc(NC(=O)Nc2ccc(Cl)cc2C(=O)C2CCCC2)nc1CSc1ccccc1.Cn1nnnc1S(=O)(=O)c1sc(NC(=O)Nc2ccccc2C(=O)C2CCCC2)nc1CSc1ccccc1. The van der Waals surface area contributed by atoms with Crippen LogP contribution in [0.15, 0.2) is 132 Å². The van der Waals surface area contributed by atoms with Gasteiger partial charge in [-0.3, -0.25) is 20.2 Å². The third-order valence-electron chi connectivity index (χ3n) is 12.5. The number of para-hydroxylation sites is 1. The zero-order valence-electron chi connectivity index (χ0n) is 42.1. The first-order valence-electron chi connectivity index (χ1n) is 24.5. The standard InChI is InChI=1S/C25H24ClN7O4S3.C25H25N7O4S3/c1-33-25(30-31-32-33)40(36,37)22-20(14-38-17-9-3-2-4-10-17)28-24(39-22)29-23(35)27-19-12-11-16(26)13-18(19)21(34)15-7-5-6-8-15;1-32-25(29-30-31-32)39(35,36)22-20(15-37-17-11-3-2-4-12-17)27-24(38-22)28-23(34)26-19-14-8-7-13-18(19)21(33)16-9-5-6-10-16/h2-4,9-13,15H,5-8,14H2,1H3,(H2,27,28,29,35);2-4,7-8,11-14,16H,5-6,9-10,15H2,1H3,(H2,26,27,28,34). The fourth-order valence-electron chi connectivity index (χ4n) is 8.74. The second-order valence-corrected chi connectivity index (χ2v) is 26.6. The molecule has 4 heterocycles. The molecular weight excluding hydrogens is 1150 g/mol.